The number of nitrogens with zero attached hydrogens (tertiary/aromatic N) is 1. The fourth-order valence-electron chi connectivity index (χ4n) is 2.98. The van der Waals surface area contributed by atoms with Gasteiger partial charge in [0.25, 0.3) is 5.91 Å². The van der Waals surface area contributed by atoms with Gasteiger partial charge in [-0.2, -0.15) is 0 Å². The summed E-state index contributed by atoms with van der Waals surface area (Å²) < 4.78 is 5.62. The second-order valence-corrected chi connectivity index (χ2v) is 6.62. The molecule has 3 heterocycles. The molecule has 1 atom stereocenters. The average Bonchev–Trinajstić information content (AvgIpc) is 3.18. The summed E-state index contributed by atoms with van der Waals surface area (Å²) in [5.74, 6) is 0.940. The number of amides is 1. The van der Waals surface area contributed by atoms with Crippen LogP contribution in [0.3, 0.4) is 0 Å². The van der Waals surface area contributed by atoms with E-state index in [1.165, 1.54) is 37.0 Å². The van der Waals surface area contributed by atoms with Crippen molar-refractivity contribution in [1.29, 1.82) is 0 Å². The highest BCUT2D eigenvalue weighted by atomic mass is 32.1. The van der Waals surface area contributed by atoms with Crippen molar-refractivity contribution in [3.63, 3.8) is 0 Å². The summed E-state index contributed by atoms with van der Waals surface area (Å²) in [6.45, 7) is 2.73. The number of nitrogens with one attached hydrogen (secondary N) is 1. The second kappa shape index (κ2) is 7.61. The van der Waals surface area contributed by atoms with Crippen LogP contribution in [0.4, 0.5) is 0 Å². The summed E-state index contributed by atoms with van der Waals surface area (Å²) in [5, 5.41) is 4.99. The van der Waals surface area contributed by atoms with Gasteiger partial charge in [0.05, 0.1) is 17.2 Å². The van der Waals surface area contributed by atoms with Crippen molar-refractivity contribution in [2.24, 2.45) is 0 Å². The molecule has 1 fully saturated rings. The lowest BCUT2D eigenvalue weighted by molar-refractivity contribution is 0.0931. The quantitative estimate of drug-likeness (QED) is 0.914. The second-order valence-electron chi connectivity index (χ2n) is 5.67. The molecule has 0 aromatic carbocycles. The van der Waals surface area contributed by atoms with E-state index in [1.807, 2.05) is 29.6 Å². The number of rotatable bonds is 5. The van der Waals surface area contributed by atoms with Crippen LogP contribution >= 0.6 is 11.3 Å². The zero-order valence-electron chi connectivity index (χ0n) is 12.7. The first-order valence-electron chi connectivity index (χ1n) is 7.94. The van der Waals surface area contributed by atoms with Crippen molar-refractivity contribution >= 4 is 17.2 Å². The zero-order valence-corrected chi connectivity index (χ0v) is 13.5. The van der Waals surface area contributed by atoms with Crippen molar-refractivity contribution in [2.45, 2.75) is 31.7 Å². The number of hydrogen-bond acceptors (Lipinski definition) is 4. The highest BCUT2D eigenvalue weighted by Crippen LogP contribution is 2.24. The molecule has 118 valence electrons. The van der Waals surface area contributed by atoms with E-state index in [4.69, 9.17) is 4.42 Å². The van der Waals surface area contributed by atoms with Crippen molar-refractivity contribution in [3.8, 4) is 0 Å². The maximum Gasteiger partial charge on any atom is 0.261 e. The summed E-state index contributed by atoms with van der Waals surface area (Å²) in [6, 6.07) is 7.80. The highest BCUT2D eigenvalue weighted by molar-refractivity contribution is 7.12. The molecule has 1 aliphatic rings. The largest absolute Gasteiger partial charge is 0.468 e. The number of thiophene rings is 1. The molecule has 1 N–H and O–H groups in total. The SMILES string of the molecule is O=C(NCC(c1ccco1)N1CCCCCC1)c1cccs1. The normalized spacial score (nSPS) is 17.8. The maximum atomic E-state index is 12.2. The van der Waals surface area contributed by atoms with Gasteiger partial charge in [-0.1, -0.05) is 18.9 Å². The van der Waals surface area contributed by atoms with Gasteiger partial charge in [0.2, 0.25) is 0 Å². The van der Waals surface area contributed by atoms with Gasteiger partial charge in [0.1, 0.15) is 5.76 Å². The first-order valence-corrected chi connectivity index (χ1v) is 8.82. The Balaban J connectivity index is 1.67. The first-order chi connectivity index (χ1) is 10.8. The molecule has 1 saturated heterocycles. The molecule has 1 amide bonds. The predicted molar refractivity (Wildman–Crippen MR) is 88.1 cm³/mol. The van der Waals surface area contributed by atoms with E-state index in [2.05, 4.69) is 10.2 Å². The van der Waals surface area contributed by atoms with Crippen molar-refractivity contribution in [1.82, 2.24) is 10.2 Å². The third-order valence-corrected chi connectivity index (χ3v) is 5.02. The molecule has 1 aliphatic heterocycles. The van der Waals surface area contributed by atoms with E-state index in [0.29, 0.717) is 6.54 Å². The minimum atomic E-state index is 0.00128. The molecule has 3 rings (SSSR count). The summed E-state index contributed by atoms with van der Waals surface area (Å²) >= 11 is 1.47. The summed E-state index contributed by atoms with van der Waals surface area (Å²) in [7, 11) is 0. The van der Waals surface area contributed by atoms with Gasteiger partial charge in [-0.25, -0.2) is 0 Å². The van der Waals surface area contributed by atoms with Gasteiger partial charge in [0, 0.05) is 6.54 Å². The van der Waals surface area contributed by atoms with Crippen LogP contribution in [0.2, 0.25) is 0 Å². The fraction of sp³-hybridized carbons (Fsp3) is 0.471. The molecule has 0 spiro atoms. The minimum Gasteiger partial charge on any atom is -0.468 e. The molecule has 2 aromatic heterocycles. The lowest BCUT2D eigenvalue weighted by atomic mass is 10.1. The number of likely N-dealkylation sites (tertiary alicyclic amines) is 1. The first kappa shape index (κ1) is 15.3. The molecule has 2 aromatic rings. The Kier molecular flexibility index (Phi) is 5.29. The van der Waals surface area contributed by atoms with Crippen LogP contribution in [0.5, 0.6) is 0 Å². The lowest BCUT2D eigenvalue weighted by Gasteiger charge is -2.29. The zero-order chi connectivity index (χ0) is 15.2. The molecule has 1 unspecified atom stereocenters. The molecular formula is C17H22N2O2S. The van der Waals surface area contributed by atoms with Gasteiger partial charge < -0.3 is 9.73 Å². The summed E-state index contributed by atoms with van der Waals surface area (Å²) in [4.78, 5) is 15.4. The molecule has 0 saturated carbocycles. The number of carbonyl (C=O) groups excluding carboxylic acids is 1. The summed E-state index contributed by atoms with van der Waals surface area (Å²) in [6.07, 6.45) is 6.74. The van der Waals surface area contributed by atoms with Crippen molar-refractivity contribution < 1.29 is 9.21 Å². The van der Waals surface area contributed by atoms with E-state index >= 15 is 0 Å². The minimum absolute atomic E-state index is 0.00128. The van der Waals surface area contributed by atoms with Crippen molar-refractivity contribution in [3.05, 3.63) is 46.5 Å². The van der Waals surface area contributed by atoms with Crippen LogP contribution in [0, 0.1) is 0 Å². The van der Waals surface area contributed by atoms with Crippen LogP contribution in [0.25, 0.3) is 0 Å². The number of furan rings is 1. The average molecular weight is 318 g/mol. The Morgan fingerprint density at radius 2 is 2.05 bits per heavy atom. The van der Waals surface area contributed by atoms with Crippen molar-refractivity contribution in [2.75, 3.05) is 19.6 Å². The van der Waals surface area contributed by atoms with Gasteiger partial charge >= 0.3 is 0 Å². The van der Waals surface area contributed by atoms with Crippen LogP contribution in [-0.2, 0) is 0 Å². The van der Waals surface area contributed by atoms with E-state index in [-0.39, 0.29) is 11.9 Å². The van der Waals surface area contributed by atoms with E-state index in [9.17, 15) is 4.79 Å². The third-order valence-electron chi connectivity index (χ3n) is 4.15. The van der Waals surface area contributed by atoms with Gasteiger partial charge in [-0.3, -0.25) is 9.69 Å². The Hall–Kier alpha value is -1.59. The molecule has 0 aliphatic carbocycles. The third kappa shape index (κ3) is 3.78. The van der Waals surface area contributed by atoms with Crippen LogP contribution in [0.1, 0.15) is 47.2 Å². The van der Waals surface area contributed by atoms with Gasteiger partial charge in [-0.05, 0) is 49.5 Å². The lowest BCUT2D eigenvalue weighted by Crippen LogP contribution is -2.38. The maximum absolute atomic E-state index is 12.2. The van der Waals surface area contributed by atoms with E-state index in [0.717, 1.165) is 23.7 Å². The topological polar surface area (TPSA) is 45.5 Å². The Morgan fingerprint density at radius 3 is 2.68 bits per heavy atom. The van der Waals surface area contributed by atoms with Crippen LogP contribution < -0.4 is 5.32 Å². The molecule has 0 bridgehead atoms. The highest BCUT2D eigenvalue weighted by Gasteiger charge is 2.24. The Bertz CT molecular complexity index is 558. The number of carbonyl (C=O) groups is 1. The molecule has 0 radical (unpaired) electrons. The summed E-state index contributed by atoms with van der Waals surface area (Å²) in [5.41, 5.74) is 0. The molecule has 4 nitrogen and oxygen atoms in total. The van der Waals surface area contributed by atoms with Crippen LogP contribution in [0.15, 0.2) is 40.3 Å². The van der Waals surface area contributed by atoms with E-state index < -0.39 is 0 Å². The van der Waals surface area contributed by atoms with Crippen LogP contribution in [-0.4, -0.2) is 30.4 Å². The fourth-order valence-corrected chi connectivity index (χ4v) is 3.62. The smallest absolute Gasteiger partial charge is 0.261 e. The Morgan fingerprint density at radius 1 is 1.23 bits per heavy atom. The molecule has 22 heavy (non-hydrogen) atoms. The molecule has 5 heteroatoms. The standard InChI is InChI=1S/C17H22N2O2S/c20-17(16-8-6-12-22-16)18-13-14(15-7-5-11-21-15)19-9-3-1-2-4-10-19/h5-8,11-12,14H,1-4,9-10,13H2,(H,18,20). The monoisotopic (exact) mass is 318 g/mol. The predicted octanol–water partition coefficient (Wildman–Crippen LogP) is 3.69. The number of hydrogen-bond donors (Lipinski definition) is 1. The van der Waals surface area contributed by atoms with E-state index in [1.54, 1.807) is 6.26 Å². The van der Waals surface area contributed by atoms with Gasteiger partial charge in [0.15, 0.2) is 0 Å². The Labute approximate surface area is 135 Å². The molecular weight excluding hydrogens is 296 g/mol. The van der Waals surface area contributed by atoms with Gasteiger partial charge in [-0.15, -0.1) is 11.3 Å².